The molecule has 5 rings (SSSR count). The summed E-state index contributed by atoms with van der Waals surface area (Å²) in [6.07, 6.45) is 1.62. The first-order valence-corrected chi connectivity index (χ1v) is 14.0. The van der Waals surface area contributed by atoms with Crippen LogP contribution in [-0.2, 0) is 15.6 Å². The molecule has 2 aliphatic rings. The Morgan fingerprint density at radius 2 is 1.76 bits per heavy atom. The Bertz CT molecular complexity index is 1520. The average Bonchev–Trinajstić information content (AvgIpc) is 3.19. The third-order valence-electron chi connectivity index (χ3n) is 8.27. The molecule has 3 aromatic rings. The number of pyridine rings is 2. The van der Waals surface area contributed by atoms with E-state index in [2.05, 4.69) is 23.7 Å². The molecular weight excluding hydrogens is 545 g/mol. The molecule has 4 heterocycles. The lowest BCUT2D eigenvalue weighted by Gasteiger charge is -2.47. The topological polar surface area (TPSA) is 89.9 Å². The molecule has 10 heteroatoms. The van der Waals surface area contributed by atoms with E-state index in [-0.39, 0.29) is 16.3 Å². The summed E-state index contributed by atoms with van der Waals surface area (Å²) >= 11 is 5.90. The summed E-state index contributed by atoms with van der Waals surface area (Å²) in [5, 5.41) is 9.59. The Morgan fingerprint density at radius 1 is 1.02 bits per heavy atom. The number of carboxylic acid groups (broad SMARTS) is 1. The van der Waals surface area contributed by atoms with Crippen molar-refractivity contribution < 1.29 is 19.1 Å². The van der Waals surface area contributed by atoms with Crippen LogP contribution in [0.2, 0.25) is 5.02 Å². The smallest absolute Gasteiger partial charge is 0.313 e. The molecule has 1 amide bonds. The monoisotopic (exact) mass is 579 g/mol. The van der Waals surface area contributed by atoms with Gasteiger partial charge < -0.3 is 19.8 Å². The Hall–Kier alpha value is -3.72. The Kier molecular flexibility index (Phi) is 7.01. The number of benzene rings is 1. The van der Waals surface area contributed by atoms with Crippen molar-refractivity contribution >= 4 is 40.7 Å². The van der Waals surface area contributed by atoms with Crippen LogP contribution in [0.1, 0.15) is 63.3 Å². The van der Waals surface area contributed by atoms with Crippen LogP contribution < -0.4 is 9.80 Å². The van der Waals surface area contributed by atoms with Gasteiger partial charge in [-0.15, -0.1) is 0 Å². The lowest BCUT2D eigenvalue weighted by atomic mass is 9.86. The molecule has 216 valence electrons. The van der Waals surface area contributed by atoms with E-state index in [1.54, 1.807) is 44.3 Å². The highest BCUT2D eigenvalue weighted by Gasteiger charge is 2.41. The van der Waals surface area contributed by atoms with Gasteiger partial charge in [0.05, 0.1) is 27.4 Å². The first kappa shape index (κ1) is 28.8. The number of carbonyl (C=O) groups excluding carboxylic acids is 1. The number of halogens is 2. The fraction of sp³-hybridized carbons (Fsp3) is 0.419. The molecule has 0 radical (unpaired) electrons. The van der Waals surface area contributed by atoms with E-state index in [1.807, 2.05) is 35.8 Å². The van der Waals surface area contributed by atoms with Crippen molar-refractivity contribution in [2.75, 3.05) is 36.0 Å². The Morgan fingerprint density at radius 3 is 2.37 bits per heavy atom. The van der Waals surface area contributed by atoms with Crippen LogP contribution in [0.5, 0.6) is 0 Å². The molecule has 0 saturated carbocycles. The standard InChI is InChI=1S/C31H35ClFN5O3/c1-29(2)17-37(20-8-9-21(32)22(33)15-20)24-11-10-23(35-26(24)29)27(39)38-14-13-36(18-30(38,3)4)25-12-7-19(16-34-25)31(5,6)28(40)41/h7-12,15-16H,13-14,17-18H2,1-6H3,(H,40,41). The molecule has 1 saturated heterocycles. The zero-order valence-electron chi connectivity index (χ0n) is 24.2. The van der Waals surface area contributed by atoms with Gasteiger partial charge in [-0.2, -0.15) is 0 Å². The normalized spacial score (nSPS) is 17.9. The third-order valence-corrected chi connectivity index (χ3v) is 8.58. The molecule has 0 spiro atoms. The maximum absolute atomic E-state index is 14.2. The molecule has 2 aliphatic heterocycles. The van der Waals surface area contributed by atoms with E-state index in [4.69, 9.17) is 16.6 Å². The number of hydrogen-bond acceptors (Lipinski definition) is 6. The van der Waals surface area contributed by atoms with Crippen LogP contribution in [-0.4, -0.2) is 63.6 Å². The summed E-state index contributed by atoms with van der Waals surface area (Å²) in [7, 11) is 0. The lowest BCUT2D eigenvalue weighted by Crippen LogP contribution is -2.61. The van der Waals surface area contributed by atoms with E-state index < -0.39 is 22.7 Å². The van der Waals surface area contributed by atoms with Crippen LogP contribution in [0.25, 0.3) is 0 Å². The summed E-state index contributed by atoms with van der Waals surface area (Å²) < 4.78 is 14.2. The summed E-state index contributed by atoms with van der Waals surface area (Å²) in [5.41, 5.74) is 1.43. The largest absolute Gasteiger partial charge is 0.481 e. The average molecular weight is 580 g/mol. The van der Waals surface area contributed by atoms with Gasteiger partial charge in [0.25, 0.3) is 5.91 Å². The quantitative estimate of drug-likeness (QED) is 0.408. The van der Waals surface area contributed by atoms with Crippen LogP contribution in [0.4, 0.5) is 21.6 Å². The van der Waals surface area contributed by atoms with Gasteiger partial charge in [0.15, 0.2) is 0 Å². The van der Waals surface area contributed by atoms with Gasteiger partial charge in [-0.25, -0.2) is 14.4 Å². The van der Waals surface area contributed by atoms with Gasteiger partial charge in [-0.05, 0) is 69.7 Å². The van der Waals surface area contributed by atoms with Crippen molar-refractivity contribution in [1.82, 2.24) is 14.9 Å². The number of aliphatic carboxylic acids is 1. The second-order valence-corrected chi connectivity index (χ2v) is 13.1. The van der Waals surface area contributed by atoms with Crippen molar-refractivity contribution in [2.24, 2.45) is 0 Å². The SMILES string of the molecule is CC1(C)CN(c2ccc(Cl)c(F)c2)c2ccc(C(=O)N3CCN(c4ccc(C(C)(C)C(=O)O)cn4)CC3(C)C)nc21. The maximum Gasteiger partial charge on any atom is 0.313 e. The minimum absolute atomic E-state index is 0.0733. The van der Waals surface area contributed by atoms with Crippen molar-refractivity contribution in [3.05, 3.63) is 76.5 Å². The molecule has 41 heavy (non-hydrogen) atoms. The first-order chi connectivity index (χ1) is 19.1. The summed E-state index contributed by atoms with van der Waals surface area (Å²) in [5.74, 6) is -0.788. The summed E-state index contributed by atoms with van der Waals surface area (Å²) in [6, 6.07) is 12.0. The van der Waals surface area contributed by atoms with E-state index >= 15 is 0 Å². The molecule has 0 unspecified atom stereocenters. The number of carboxylic acids is 1. The second-order valence-electron chi connectivity index (χ2n) is 12.7. The number of rotatable bonds is 5. The van der Waals surface area contributed by atoms with Crippen LogP contribution in [0.3, 0.4) is 0 Å². The minimum Gasteiger partial charge on any atom is -0.481 e. The first-order valence-electron chi connectivity index (χ1n) is 13.6. The van der Waals surface area contributed by atoms with Crippen LogP contribution in [0.15, 0.2) is 48.7 Å². The van der Waals surface area contributed by atoms with E-state index in [0.29, 0.717) is 43.1 Å². The van der Waals surface area contributed by atoms with Gasteiger partial charge in [-0.3, -0.25) is 9.59 Å². The number of amides is 1. The molecular formula is C31H35ClFN5O3. The van der Waals surface area contributed by atoms with Crippen LogP contribution in [0, 0.1) is 5.82 Å². The van der Waals surface area contributed by atoms with Gasteiger partial charge in [0.1, 0.15) is 17.3 Å². The predicted octanol–water partition coefficient (Wildman–Crippen LogP) is 5.80. The number of fused-ring (bicyclic) bond motifs is 1. The fourth-order valence-corrected chi connectivity index (χ4v) is 5.77. The number of piperazine rings is 1. The number of nitrogens with zero attached hydrogens (tertiary/aromatic N) is 5. The molecule has 8 nitrogen and oxygen atoms in total. The van der Waals surface area contributed by atoms with Gasteiger partial charge in [0.2, 0.25) is 0 Å². The molecule has 1 aromatic carbocycles. The number of hydrogen-bond donors (Lipinski definition) is 1. The van der Waals surface area contributed by atoms with Gasteiger partial charge >= 0.3 is 5.97 Å². The van der Waals surface area contributed by atoms with Crippen molar-refractivity contribution in [3.63, 3.8) is 0 Å². The highest BCUT2D eigenvalue weighted by Crippen LogP contribution is 2.44. The zero-order chi connectivity index (χ0) is 29.9. The maximum atomic E-state index is 14.2. The Labute approximate surface area is 244 Å². The van der Waals surface area contributed by atoms with Gasteiger partial charge in [0, 0.05) is 43.5 Å². The highest BCUT2D eigenvalue weighted by atomic mass is 35.5. The molecule has 0 atom stereocenters. The van der Waals surface area contributed by atoms with E-state index in [1.165, 1.54) is 6.07 Å². The van der Waals surface area contributed by atoms with Crippen molar-refractivity contribution in [3.8, 4) is 0 Å². The number of aromatic nitrogens is 2. The molecule has 0 bridgehead atoms. The lowest BCUT2D eigenvalue weighted by molar-refractivity contribution is -0.142. The minimum atomic E-state index is -1.03. The molecule has 0 aliphatic carbocycles. The number of carbonyl (C=O) groups is 2. The molecule has 1 N–H and O–H groups in total. The van der Waals surface area contributed by atoms with Crippen LogP contribution >= 0.6 is 11.6 Å². The molecule has 2 aromatic heterocycles. The van der Waals surface area contributed by atoms with E-state index in [9.17, 15) is 19.1 Å². The zero-order valence-corrected chi connectivity index (χ0v) is 25.0. The third kappa shape index (κ3) is 5.12. The van der Waals surface area contributed by atoms with E-state index in [0.717, 1.165) is 17.2 Å². The second kappa shape index (κ2) is 9.98. The summed E-state index contributed by atoms with van der Waals surface area (Å²) in [4.78, 5) is 40.8. The van der Waals surface area contributed by atoms with Crippen molar-refractivity contribution in [1.29, 1.82) is 0 Å². The molecule has 1 fully saturated rings. The Balaban J connectivity index is 1.35. The van der Waals surface area contributed by atoms with Gasteiger partial charge in [-0.1, -0.05) is 31.5 Å². The fourth-order valence-electron chi connectivity index (χ4n) is 5.66. The summed E-state index contributed by atoms with van der Waals surface area (Å²) in [6.45, 7) is 13.7. The predicted molar refractivity (Wildman–Crippen MR) is 158 cm³/mol. The van der Waals surface area contributed by atoms with Crippen molar-refractivity contribution in [2.45, 2.75) is 57.9 Å². The highest BCUT2D eigenvalue weighted by molar-refractivity contribution is 6.30. The number of anilines is 3.